The van der Waals surface area contributed by atoms with Crippen molar-refractivity contribution >= 4 is 0 Å². The molecule has 0 spiro atoms. The van der Waals surface area contributed by atoms with Crippen LogP contribution in [0.4, 0.5) is 0 Å². The predicted octanol–water partition coefficient (Wildman–Crippen LogP) is 2.55. The van der Waals surface area contributed by atoms with Gasteiger partial charge >= 0.3 is 0 Å². The minimum Gasteiger partial charge on any atom is -0.360 e. The van der Waals surface area contributed by atoms with E-state index in [2.05, 4.69) is 16.8 Å². The van der Waals surface area contributed by atoms with E-state index in [1.165, 1.54) is 7.11 Å². The number of nitrogens with one attached hydrogen (secondary N) is 1. The van der Waals surface area contributed by atoms with Crippen molar-refractivity contribution in [3.05, 3.63) is 60.8 Å². The van der Waals surface area contributed by atoms with Crippen molar-refractivity contribution in [1.29, 1.82) is 0 Å². The molecule has 0 fully saturated rings. The summed E-state index contributed by atoms with van der Waals surface area (Å²) < 4.78 is 0. The van der Waals surface area contributed by atoms with E-state index in [1.807, 2.05) is 30.3 Å². The van der Waals surface area contributed by atoms with Gasteiger partial charge in [-0.15, -0.1) is 0 Å². The molecule has 0 aromatic heterocycles. The monoisotopic (exact) mass is 205 g/mol. The Labute approximate surface area is 89.9 Å². The smallest absolute Gasteiger partial charge is 0.188 e. The third kappa shape index (κ3) is 3.97. The molecule has 1 aromatic rings. The van der Waals surface area contributed by atoms with Crippen molar-refractivity contribution in [3.8, 4) is 0 Å². The lowest BCUT2D eigenvalue weighted by Gasteiger charge is -2.15. The van der Waals surface area contributed by atoms with E-state index in [4.69, 9.17) is 4.89 Å². The van der Waals surface area contributed by atoms with Crippen LogP contribution in [-0.2, 0) is 9.78 Å². The zero-order chi connectivity index (χ0) is 10.9. The molecule has 0 saturated heterocycles. The Balaban J connectivity index is 2.65. The SMILES string of the molecule is C=C/C=C/N[C@@H](OOC)c1ccccc1. The first-order valence-corrected chi connectivity index (χ1v) is 4.66. The van der Waals surface area contributed by atoms with E-state index in [-0.39, 0.29) is 6.23 Å². The van der Waals surface area contributed by atoms with E-state index in [0.717, 1.165) is 5.56 Å². The predicted molar refractivity (Wildman–Crippen MR) is 59.7 cm³/mol. The molecule has 0 aliphatic carbocycles. The van der Waals surface area contributed by atoms with Crippen LogP contribution in [0.5, 0.6) is 0 Å². The molecule has 0 amide bonds. The fourth-order valence-electron chi connectivity index (χ4n) is 1.11. The van der Waals surface area contributed by atoms with Gasteiger partial charge in [-0.25, -0.2) is 9.78 Å². The second-order valence-electron chi connectivity index (χ2n) is 2.82. The van der Waals surface area contributed by atoms with Gasteiger partial charge in [-0.2, -0.15) is 0 Å². The van der Waals surface area contributed by atoms with Crippen LogP contribution in [0, 0.1) is 0 Å². The zero-order valence-corrected chi connectivity index (χ0v) is 8.72. The van der Waals surface area contributed by atoms with E-state index in [9.17, 15) is 0 Å². The average Bonchev–Trinajstić information content (AvgIpc) is 2.29. The zero-order valence-electron chi connectivity index (χ0n) is 8.72. The van der Waals surface area contributed by atoms with Gasteiger partial charge in [-0.3, -0.25) is 0 Å². The molecular weight excluding hydrogens is 190 g/mol. The molecule has 1 N–H and O–H groups in total. The molecule has 0 aliphatic heterocycles. The summed E-state index contributed by atoms with van der Waals surface area (Å²) in [5, 5.41) is 3.04. The highest BCUT2D eigenvalue weighted by Gasteiger charge is 2.08. The summed E-state index contributed by atoms with van der Waals surface area (Å²) in [5.41, 5.74) is 0.994. The number of rotatable bonds is 6. The minimum atomic E-state index is -0.313. The van der Waals surface area contributed by atoms with Gasteiger partial charge in [0, 0.05) is 5.56 Å². The van der Waals surface area contributed by atoms with Crippen molar-refractivity contribution in [1.82, 2.24) is 5.32 Å². The first kappa shape index (κ1) is 11.5. The van der Waals surface area contributed by atoms with Gasteiger partial charge in [0.15, 0.2) is 6.23 Å². The summed E-state index contributed by atoms with van der Waals surface area (Å²) in [5.74, 6) is 0. The van der Waals surface area contributed by atoms with Crippen LogP contribution in [-0.4, -0.2) is 7.11 Å². The topological polar surface area (TPSA) is 30.5 Å². The number of allylic oxidation sites excluding steroid dienone is 2. The lowest BCUT2D eigenvalue weighted by atomic mass is 10.2. The normalized spacial score (nSPS) is 12.6. The first-order valence-electron chi connectivity index (χ1n) is 4.66. The molecule has 0 aliphatic rings. The maximum absolute atomic E-state index is 5.08. The number of hydrogen-bond acceptors (Lipinski definition) is 3. The Bertz CT molecular complexity index is 309. The maximum Gasteiger partial charge on any atom is 0.188 e. The van der Waals surface area contributed by atoms with Crippen molar-refractivity contribution in [3.63, 3.8) is 0 Å². The molecular formula is C12H15NO2. The fourth-order valence-corrected chi connectivity index (χ4v) is 1.11. The van der Waals surface area contributed by atoms with Gasteiger partial charge in [0.25, 0.3) is 0 Å². The summed E-state index contributed by atoms with van der Waals surface area (Å²) in [4.78, 5) is 9.74. The van der Waals surface area contributed by atoms with Crippen LogP contribution >= 0.6 is 0 Å². The lowest BCUT2D eigenvalue weighted by Crippen LogP contribution is -2.18. The Hall–Kier alpha value is -1.58. The molecule has 0 bridgehead atoms. The van der Waals surface area contributed by atoms with Crippen molar-refractivity contribution < 1.29 is 9.78 Å². The molecule has 3 heteroatoms. The summed E-state index contributed by atoms with van der Waals surface area (Å²) in [6.45, 7) is 3.58. The first-order chi connectivity index (χ1) is 7.38. The largest absolute Gasteiger partial charge is 0.360 e. The van der Waals surface area contributed by atoms with E-state index < -0.39 is 0 Å². The molecule has 0 radical (unpaired) electrons. The van der Waals surface area contributed by atoms with Crippen molar-refractivity contribution in [2.45, 2.75) is 6.23 Å². The second kappa shape index (κ2) is 6.81. The molecule has 1 aromatic carbocycles. The van der Waals surface area contributed by atoms with E-state index in [1.54, 1.807) is 18.4 Å². The van der Waals surface area contributed by atoms with E-state index in [0.29, 0.717) is 0 Å². The molecule has 0 heterocycles. The molecule has 0 saturated carbocycles. The summed E-state index contributed by atoms with van der Waals surface area (Å²) >= 11 is 0. The average molecular weight is 205 g/mol. The van der Waals surface area contributed by atoms with Crippen LogP contribution < -0.4 is 5.32 Å². The Kier molecular flexibility index (Phi) is 5.22. The molecule has 15 heavy (non-hydrogen) atoms. The molecule has 3 nitrogen and oxygen atoms in total. The Morgan fingerprint density at radius 2 is 2.07 bits per heavy atom. The van der Waals surface area contributed by atoms with Crippen molar-refractivity contribution in [2.24, 2.45) is 0 Å². The van der Waals surface area contributed by atoms with Crippen LogP contribution in [0.3, 0.4) is 0 Å². The highest BCUT2D eigenvalue weighted by molar-refractivity contribution is 5.17. The maximum atomic E-state index is 5.08. The second-order valence-corrected chi connectivity index (χ2v) is 2.82. The lowest BCUT2D eigenvalue weighted by molar-refractivity contribution is -0.312. The van der Waals surface area contributed by atoms with Gasteiger partial charge in [-0.1, -0.05) is 43.0 Å². The standard InChI is InChI=1S/C12H15NO2/c1-3-4-10-13-12(15-14-2)11-8-6-5-7-9-11/h3-10,12-13H,1H2,2H3/b10-4+/t12-/m0/s1. The van der Waals surface area contributed by atoms with Crippen LogP contribution in [0.15, 0.2) is 55.3 Å². The van der Waals surface area contributed by atoms with Gasteiger partial charge < -0.3 is 5.32 Å². The van der Waals surface area contributed by atoms with Crippen LogP contribution in [0.25, 0.3) is 0 Å². The third-order valence-electron chi connectivity index (χ3n) is 1.77. The summed E-state index contributed by atoms with van der Waals surface area (Å²) in [7, 11) is 1.48. The van der Waals surface area contributed by atoms with Gasteiger partial charge in [0.05, 0.1) is 7.11 Å². The van der Waals surface area contributed by atoms with Gasteiger partial charge in [-0.05, 0) is 12.3 Å². The molecule has 1 rings (SSSR count). The Morgan fingerprint density at radius 3 is 2.67 bits per heavy atom. The number of benzene rings is 1. The summed E-state index contributed by atoms with van der Waals surface area (Å²) in [6.07, 6.45) is 4.91. The minimum absolute atomic E-state index is 0.313. The van der Waals surface area contributed by atoms with Crippen molar-refractivity contribution in [2.75, 3.05) is 7.11 Å². The van der Waals surface area contributed by atoms with Gasteiger partial charge in [0.1, 0.15) is 0 Å². The third-order valence-corrected chi connectivity index (χ3v) is 1.77. The molecule has 1 atom stereocenters. The molecule has 0 unspecified atom stereocenters. The Morgan fingerprint density at radius 1 is 1.33 bits per heavy atom. The van der Waals surface area contributed by atoms with Crippen LogP contribution in [0.2, 0.25) is 0 Å². The quantitative estimate of drug-likeness (QED) is 0.335. The van der Waals surface area contributed by atoms with E-state index >= 15 is 0 Å². The highest BCUT2D eigenvalue weighted by Crippen LogP contribution is 2.13. The summed E-state index contributed by atoms with van der Waals surface area (Å²) in [6, 6.07) is 9.75. The van der Waals surface area contributed by atoms with Crippen LogP contribution in [0.1, 0.15) is 11.8 Å². The van der Waals surface area contributed by atoms with Gasteiger partial charge in [0.2, 0.25) is 0 Å². The highest BCUT2D eigenvalue weighted by atomic mass is 17.2. The molecule has 80 valence electrons. The fraction of sp³-hybridized carbons (Fsp3) is 0.167. The number of hydrogen-bond donors (Lipinski definition) is 1.